The Labute approximate surface area is 153 Å². The van der Waals surface area contributed by atoms with Crippen LogP contribution in [-0.4, -0.2) is 55.7 Å². The van der Waals surface area contributed by atoms with Gasteiger partial charge in [-0.1, -0.05) is 24.3 Å². The van der Waals surface area contributed by atoms with Gasteiger partial charge in [-0.2, -0.15) is 0 Å². The summed E-state index contributed by atoms with van der Waals surface area (Å²) in [6.45, 7) is 4.08. The van der Waals surface area contributed by atoms with Crippen LogP contribution in [0, 0.1) is 5.82 Å². The molecule has 1 fully saturated rings. The van der Waals surface area contributed by atoms with E-state index in [0.717, 1.165) is 56.4 Å². The highest BCUT2D eigenvalue weighted by Crippen LogP contribution is 2.27. The third-order valence-corrected chi connectivity index (χ3v) is 4.62. The number of aromatic hydroxyl groups is 1. The molecule has 6 heteroatoms. The van der Waals surface area contributed by atoms with Crippen LogP contribution in [0.3, 0.4) is 0 Å². The molecule has 2 aromatic carbocycles. The van der Waals surface area contributed by atoms with E-state index < -0.39 is 0 Å². The van der Waals surface area contributed by atoms with Crippen molar-refractivity contribution in [1.29, 1.82) is 0 Å². The molecule has 2 aromatic rings. The highest BCUT2D eigenvalue weighted by Gasteiger charge is 2.21. The van der Waals surface area contributed by atoms with Gasteiger partial charge in [-0.3, -0.25) is 4.99 Å². The molecule has 26 heavy (non-hydrogen) atoms. The Kier molecular flexibility index (Phi) is 5.94. The Balaban J connectivity index is 1.49. The van der Waals surface area contributed by atoms with Crippen molar-refractivity contribution < 1.29 is 9.50 Å². The van der Waals surface area contributed by atoms with Gasteiger partial charge in [0.15, 0.2) is 5.96 Å². The van der Waals surface area contributed by atoms with E-state index in [-0.39, 0.29) is 5.82 Å². The van der Waals surface area contributed by atoms with E-state index in [4.69, 9.17) is 0 Å². The summed E-state index contributed by atoms with van der Waals surface area (Å²) < 4.78 is 13.0. The monoisotopic (exact) mass is 356 g/mol. The Bertz CT molecular complexity index is 740. The number of piperazine rings is 1. The zero-order valence-electron chi connectivity index (χ0n) is 15.0. The fourth-order valence-electron chi connectivity index (χ4n) is 3.19. The smallest absolute Gasteiger partial charge is 0.193 e. The first kappa shape index (κ1) is 18.0. The number of nitrogens with zero attached hydrogens (tertiary/aromatic N) is 3. The van der Waals surface area contributed by atoms with Crippen LogP contribution in [-0.2, 0) is 6.42 Å². The van der Waals surface area contributed by atoms with Gasteiger partial charge in [-0.05, 0) is 36.2 Å². The van der Waals surface area contributed by atoms with Crippen LogP contribution in [0.25, 0.3) is 0 Å². The molecular formula is C20H25FN4O. The molecular weight excluding hydrogens is 331 g/mol. The minimum atomic E-state index is -0.208. The van der Waals surface area contributed by atoms with Crippen molar-refractivity contribution in [3.05, 3.63) is 59.9 Å². The summed E-state index contributed by atoms with van der Waals surface area (Å²) in [5, 5.41) is 13.4. The number of aliphatic imine (C=N–C) groups is 1. The van der Waals surface area contributed by atoms with Crippen LogP contribution in [0.4, 0.5) is 10.1 Å². The Hall–Kier alpha value is -2.76. The first-order chi connectivity index (χ1) is 12.7. The molecule has 2 N–H and O–H groups in total. The number of halogens is 1. The molecule has 3 rings (SSSR count). The van der Waals surface area contributed by atoms with Crippen molar-refractivity contribution in [2.24, 2.45) is 4.99 Å². The van der Waals surface area contributed by atoms with Gasteiger partial charge in [0, 0.05) is 39.8 Å². The van der Waals surface area contributed by atoms with Crippen molar-refractivity contribution in [3.63, 3.8) is 0 Å². The number of para-hydroxylation sites is 2. The number of anilines is 1. The molecule has 0 aromatic heterocycles. The first-order valence-electron chi connectivity index (χ1n) is 8.90. The lowest BCUT2D eigenvalue weighted by Crippen LogP contribution is -2.52. The molecule has 5 nitrogen and oxygen atoms in total. The van der Waals surface area contributed by atoms with Gasteiger partial charge >= 0.3 is 0 Å². The molecule has 138 valence electrons. The van der Waals surface area contributed by atoms with E-state index in [0.29, 0.717) is 5.75 Å². The van der Waals surface area contributed by atoms with Crippen LogP contribution >= 0.6 is 0 Å². The minimum absolute atomic E-state index is 0.208. The molecule has 0 aliphatic carbocycles. The molecule has 1 aliphatic rings. The molecule has 0 unspecified atom stereocenters. The number of rotatable bonds is 4. The maximum Gasteiger partial charge on any atom is 0.193 e. The summed E-state index contributed by atoms with van der Waals surface area (Å²) in [6.07, 6.45) is 0.817. The Morgan fingerprint density at radius 2 is 1.77 bits per heavy atom. The summed E-state index contributed by atoms with van der Waals surface area (Å²) in [6, 6.07) is 14.0. The van der Waals surface area contributed by atoms with Crippen molar-refractivity contribution in [3.8, 4) is 5.75 Å². The maximum absolute atomic E-state index is 13.0. The predicted molar refractivity (Wildman–Crippen MR) is 103 cm³/mol. The van der Waals surface area contributed by atoms with Gasteiger partial charge < -0.3 is 20.2 Å². The zero-order chi connectivity index (χ0) is 18.4. The second-order valence-corrected chi connectivity index (χ2v) is 6.31. The number of phenols is 1. The number of nitrogens with one attached hydrogen (secondary N) is 1. The van der Waals surface area contributed by atoms with Gasteiger partial charge in [0.25, 0.3) is 0 Å². The standard InChI is InChI=1S/C20H25FN4O/c1-22-20(23-11-10-16-6-8-17(21)9-7-16)25-14-12-24(13-15-25)18-4-2-3-5-19(18)26/h2-9,26H,10-15H2,1H3,(H,22,23). The fraction of sp³-hybridized carbons (Fsp3) is 0.350. The summed E-state index contributed by atoms with van der Waals surface area (Å²) in [5.74, 6) is 0.992. The van der Waals surface area contributed by atoms with Crippen LogP contribution < -0.4 is 10.2 Å². The molecule has 0 bridgehead atoms. The number of benzene rings is 2. The highest BCUT2D eigenvalue weighted by atomic mass is 19.1. The molecule has 1 aliphatic heterocycles. The fourth-order valence-corrected chi connectivity index (χ4v) is 3.19. The molecule has 0 saturated carbocycles. The maximum atomic E-state index is 13.0. The summed E-state index contributed by atoms with van der Waals surface area (Å²) in [7, 11) is 1.79. The normalized spacial score (nSPS) is 15.2. The van der Waals surface area contributed by atoms with E-state index in [1.165, 1.54) is 12.1 Å². The summed E-state index contributed by atoms with van der Waals surface area (Å²) in [4.78, 5) is 8.79. The topological polar surface area (TPSA) is 51.1 Å². The lowest BCUT2D eigenvalue weighted by Gasteiger charge is -2.37. The van der Waals surface area contributed by atoms with Crippen LogP contribution in [0.15, 0.2) is 53.5 Å². The number of guanidine groups is 1. The molecule has 0 radical (unpaired) electrons. The van der Waals surface area contributed by atoms with Gasteiger partial charge in [-0.25, -0.2) is 4.39 Å². The third kappa shape index (κ3) is 4.45. The van der Waals surface area contributed by atoms with Crippen LogP contribution in [0.2, 0.25) is 0 Å². The van der Waals surface area contributed by atoms with Crippen molar-refractivity contribution in [2.75, 3.05) is 44.7 Å². The van der Waals surface area contributed by atoms with E-state index in [2.05, 4.69) is 20.1 Å². The van der Waals surface area contributed by atoms with Crippen molar-refractivity contribution in [2.45, 2.75) is 6.42 Å². The Morgan fingerprint density at radius 3 is 2.42 bits per heavy atom. The van der Waals surface area contributed by atoms with Gasteiger partial charge in [-0.15, -0.1) is 0 Å². The molecule has 0 amide bonds. The van der Waals surface area contributed by atoms with Crippen LogP contribution in [0.1, 0.15) is 5.56 Å². The quantitative estimate of drug-likeness (QED) is 0.653. The molecule has 0 atom stereocenters. The van der Waals surface area contributed by atoms with Crippen molar-refractivity contribution >= 4 is 11.6 Å². The molecule has 0 spiro atoms. The average Bonchev–Trinajstić information content (AvgIpc) is 2.67. The van der Waals surface area contributed by atoms with E-state index in [9.17, 15) is 9.50 Å². The summed E-state index contributed by atoms with van der Waals surface area (Å²) >= 11 is 0. The van der Waals surface area contributed by atoms with E-state index >= 15 is 0 Å². The van der Waals surface area contributed by atoms with Crippen LogP contribution in [0.5, 0.6) is 5.75 Å². The second kappa shape index (κ2) is 8.56. The molecule has 1 saturated heterocycles. The van der Waals surface area contributed by atoms with Gasteiger partial charge in [0.05, 0.1) is 5.69 Å². The third-order valence-electron chi connectivity index (χ3n) is 4.62. The average molecular weight is 356 g/mol. The SMILES string of the molecule is CN=C(NCCc1ccc(F)cc1)N1CCN(c2ccccc2O)CC1. The van der Waals surface area contributed by atoms with Gasteiger partial charge in [0.2, 0.25) is 0 Å². The minimum Gasteiger partial charge on any atom is -0.506 e. The van der Waals surface area contributed by atoms with Crippen molar-refractivity contribution in [1.82, 2.24) is 10.2 Å². The second-order valence-electron chi connectivity index (χ2n) is 6.31. The summed E-state index contributed by atoms with van der Waals surface area (Å²) in [5.41, 5.74) is 1.98. The number of hydrogen-bond donors (Lipinski definition) is 2. The Morgan fingerprint density at radius 1 is 1.08 bits per heavy atom. The predicted octanol–water partition coefficient (Wildman–Crippen LogP) is 2.47. The van der Waals surface area contributed by atoms with E-state index in [1.54, 1.807) is 13.1 Å². The molecule has 1 heterocycles. The van der Waals surface area contributed by atoms with Gasteiger partial charge in [0.1, 0.15) is 11.6 Å². The first-order valence-corrected chi connectivity index (χ1v) is 8.90. The van der Waals surface area contributed by atoms with E-state index in [1.807, 2.05) is 30.3 Å². The zero-order valence-corrected chi connectivity index (χ0v) is 15.0. The largest absolute Gasteiger partial charge is 0.506 e. The lowest BCUT2D eigenvalue weighted by molar-refractivity contribution is 0.370. The lowest BCUT2D eigenvalue weighted by atomic mass is 10.1. The highest BCUT2D eigenvalue weighted by molar-refractivity contribution is 5.80. The number of hydrogen-bond acceptors (Lipinski definition) is 3. The number of phenolic OH excluding ortho intramolecular Hbond substituents is 1.